The molecule has 0 amide bonds. The van der Waals surface area contributed by atoms with Gasteiger partial charge < -0.3 is 4.42 Å². The second-order valence-electron chi connectivity index (χ2n) is 4.12. The molecule has 0 aliphatic carbocycles. The van der Waals surface area contributed by atoms with Gasteiger partial charge in [0.1, 0.15) is 17.3 Å². The first-order valence-corrected chi connectivity index (χ1v) is 5.76. The SMILES string of the molecule is N#Cc1ccc(-c2cnc(C(F)F)cn2)c2oc(=O)[nH]c12. The van der Waals surface area contributed by atoms with Gasteiger partial charge in [0.15, 0.2) is 5.58 Å². The highest BCUT2D eigenvalue weighted by molar-refractivity contribution is 5.92. The van der Waals surface area contributed by atoms with E-state index < -0.39 is 17.9 Å². The van der Waals surface area contributed by atoms with E-state index >= 15 is 0 Å². The minimum Gasteiger partial charge on any atom is -0.407 e. The lowest BCUT2D eigenvalue weighted by atomic mass is 10.1. The van der Waals surface area contributed by atoms with E-state index in [1.807, 2.05) is 6.07 Å². The predicted octanol–water partition coefficient (Wildman–Crippen LogP) is 2.39. The summed E-state index contributed by atoms with van der Waals surface area (Å²) < 4.78 is 29.9. The number of H-pyrrole nitrogens is 1. The first-order chi connectivity index (χ1) is 10.1. The lowest BCUT2D eigenvalue weighted by Gasteiger charge is -2.03. The van der Waals surface area contributed by atoms with Crippen LogP contribution in [-0.4, -0.2) is 15.0 Å². The zero-order chi connectivity index (χ0) is 15.0. The third-order valence-corrected chi connectivity index (χ3v) is 2.87. The molecule has 1 aromatic carbocycles. The largest absolute Gasteiger partial charge is 0.417 e. The topological polar surface area (TPSA) is 95.6 Å². The minimum atomic E-state index is -2.71. The summed E-state index contributed by atoms with van der Waals surface area (Å²) >= 11 is 0. The van der Waals surface area contributed by atoms with Crippen LogP contribution < -0.4 is 5.76 Å². The summed E-state index contributed by atoms with van der Waals surface area (Å²) in [6, 6.07) is 4.92. The van der Waals surface area contributed by atoms with E-state index in [-0.39, 0.29) is 22.4 Å². The fourth-order valence-corrected chi connectivity index (χ4v) is 1.92. The molecule has 2 aromatic heterocycles. The number of aromatic amines is 1. The molecule has 6 nitrogen and oxygen atoms in total. The number of alkyl halides is 2. The van der Waals surface area contributed by atoms with Crippen LogP contribution >= 0.6 is 0 Å². The van der Waals surface area contributed by atoms with Gasteiger partial charge in [-0.05, 0) is 12.1 Å². The zero-order valence-electron chi connectivity index (χ0n) is 10.3. The van der Waals surface area contributed by atoms with Crippen LogP contribution in [0.4, 0.5) is 8.78 Å². The molecule has 0 spiro atoms. The van der Waals surface area contributed by atoms with Gasteiger partial charge in [-0.15, -0.1) is 0 Å². The lowest BCUT2D eigenvalue weighted by molar-refractivity contribution is 0.145. The Morgan fingerprint density at radius 2 is 2.10 bits per heavy atom. The predicted molar refractivity (Wildman–Crippen MR) is 67.5 cm³/mol. The van der Waals surface area contributed by atoms with Crippen molar-refractivity contribution in [2.24, 2.45) is 0 Å². The summed E-state index contributed by atoms with van der Waals surface area (Å²) in [5.41, 5.74) is 0.807. The number of oxazole rings is 1. The number of nitriles is 1. The minimum absolute atomic E-state index is 0.137. The molecule has 3 aromatic rings. The summed E-state index contributed by atoms with van der Waals surface area (Å²) in [7, 11) is 0. The van der Waals surface area contributed by atoms with Crippen LogP contribution in [0.15, 0.2) is 33.7 Å². The third kappa shape index (κ3) is 2.14. The molecule has 0 aliphatic rings. The van der Waals surface area contributed by atoms with Crippen LogP contribution in [0.3, 0.4) is 0 Å². The van der Waals surface area contributed by atoms with Crippen LogP contribution in [0, 0.1) is 11.3 Å². The number of nitrogens with one attached hydrogen (secondary N) is 1. The number of benzene rings is 1. The monoisotopic (exact) mass is 288 g/mol. The number of halogens is 2. The fourth-order valence-electron chi connectivity index (χ4n) is 1.92. The van der Waals surface area contributed by atoms with E-state index in [9.17, 15) is 13.6 Å². The van der Waals surface area contributed by atoms with Crippen molar-refractivity contribution in [3.63, 3.8) is 0 Å². The maximum absolute atomic E-state index is 12.5. The van der Waals surface area contributed by atoms with E-state index in [0.29, 0.717) is 5.56 Å². The Morgan fingerprint density at radius 1 is 1.29 bits per heavy atom. The molecule has 0 atom stereocenters. The highest BCUT2D eigenvalue weighted by atomic mass is 19.3. The van der Waals surface area contributed by atoms with Crippen molar-refractivity contribution >= 4 is 11.1 Å². The molecular formula is C13H6F2N4O2. The average Bonchev–Trinajstić information content (AvgIpc) is 2.87. The molecule has 2 heterocycles. The maximum Gasteiger partial charge on any atom is 0.417 e. The number of aromatic nitrogens is 3. The molecular weight excluding hydrogens is 282 g/mol. The second-order valence-corrected chi connectivity index (χ2v) is 4.12. The summed E-state index contributed by atoms with van der Waals surface area (Å²) in [5.74, 6) is -0.717. The average molecular weight is 288 g/mol. The molecule has 0 unspecified atom stereocenters. The van der Waals surface area contributed by atoms with Crippen LogP contribution in [0.1, 0.15) is 17.7 Å². The highest BCUT2D eigenvalue weighted by Crippen LogP contribution is 2.28. The van der Waals surface area contributed by atoms with Gasteiger partial charge in [-0.25, -0.2) is 13.6 Å². The van der Waals surface area contributed by atoms with Crippen molar-refractivity contribution in [1.29, 1.82) is 5.26 Å². The molecule has 0 aliphatic heterocycles. The molecule has 0 fully saturated rings. The number of fused-ring (bicyclic) bond motifs is 1. The first kappa shape index (κ1) is 12.9. The van der Waals surface area contributed by atoms with Crippen molar-refractivity contribution in [2.75, 3.05) is 0 Å². The Labute approximate surface area is 115 Å². The van der Waals surface area contributed by atoms with E-state index in [4.69, 9.17) is 9.68 Å². The van der Waals surface area contributed by atoms with Crippen LogP contribution in [0.5, 0.6) is 0 Å². The maximum atomic E-state index is 12.5. The van der Waals surface area contributed by atoms with Gasteiger partial charge in [-0.3, -0.25) is 15.0 Å². The summed E-state index contributed by atoms with van der Waals surface area (Å²) in [5, 5.41) is 8.98. The van der Waals surface area contributed by atoms with E-state index in [1.165, 1.54) is 12.1 Å². The molecule has 0 saturated carbocycles. The number of nitrogens with zero attached hydrogens (tertiary/aromatic N) is 3. The van der Waals surface area contributed by atoms with Gasteiger partial charge >= 0.3 is 5.76 Å². The Balaban J connectivity index is 2.21. The van der Waals surface area contributed by atoms with Crippen LogP contribution in [0.25, 0.3) is 22.4 Å². The standard InChI is InChI=1S/C13H6F2N4O2/c14-12(15)9-5-17-8(4-18-9)7-2-1-6(3-16)10-11(7)21-13(20)19-10/h1-2,4-5,12H,(H,19,20). The van der Waals surface area contributed by atoms with Crippen LogP contribution in [0.2, 0.25) is 0 Å². The lowest BCUT2D eigenvalue weighted by Crippen LogP contribution is -1.94. The van der Waals surface area contributed by atoms with Gasteiger partial charge in [0.25, 0.3) is 6.43 Å². The summed E-state index contributed by atoms with van der Waals surface area (Å²) in [6.45, 7) is 0. The molecule has 104 valence electrons. The van der Waals surface area contributed by atoms with Gasteiger partial charge in [0.05, 0.1) is 23.7 Å². The van der Waals surface area contributed by atoms with E-state index in [0.717, 1.165) is 12.4 Å². The molecule has 21 heavy (non-hydrogen) atoms. The molecule has 8 heteroatoms. The van der Waals surface area contributed by atoms with E-state index in [2.05, 4.69) is 15.0 Å². The Hall–Kier alpha value is -3.08. The number of rotatable bonds is 2. The van der Waals surface area contributed by atoms with Gasteiger partial charge in [0, 0.05) is 5.56 Å². The third-order valence-electron chi connectivity index (χ3n) is 2.87. The number of hydrogen-bond acceptors (Lipinski definition) is 5. The van der Waals surface area contributed by atoms with E-state index in [1.54, 1.807) is 0 Å². The molecule has 0 saturated heterocycles. The highest BCUT2D eigenvalue weighted by Gasteiger charge is 2.15. The first-order valence-electron chi connectivity index (χ1n) is 5.76. The molecule has 0 radical (unpaired) electrons. The van der Waals surface area contributed by atoms with Gasteiger partial charge in [-0.1, -0.05) is 0 Å². The molecule has 1 N–H and O–H groups in total. The zero-order valence-corrected chi connectivity index (χ0v) is 10.3. The second kappa shape index (κ2) is 4.79. The quantitative estimate of drug-likeness (QED) is 0.781. The van der Waals surface area contributed by atoms with Crippen molar-refractivity contribution in [3.05, 3.63) is 46.3 Å². The van der Waals surface area contributed by atoms with Gasteiger partial charge in [-0.2, -0.15) is 5.26 Å². The number of hydrogen-bond donors (Lipinski definition) is 1. The summed E-state index contributed by atoms with van der Waals surface area (Å²) in [6.07, 6.45) is -0.595. The smallest absolute Gasteiger partial charge is 0.407 e. The van der Waals surface area contributed by atoms with Crippen molar-refractivity contribution in [3.8, 4) is 17.3 Å². The Bertz CT molecular complexity index is 907. The Kier molecular flexibility index (Phi) is 2.95. The van der Waals surface area contributed by atoms with Crippen molar-refractivity contribution < 1.29 is 13.2 Å². The fraction of sp³-hybridized carbons (Fsp3) is 0.0769. The molecule has 3 rings (SSSR count). The van der Waals surface area contributed by atoms with Gasteiger partial charge in [0.2, 0.25) is 0 Å². The Morgan fingerprint density at radius 3 is 2.71 bits per heavy atom. The van der Waals surface area contributed by atoms with Crippen molar-refractivity contribution in [1.82, 2.24) is 15.0 Å². The van der Waals surface area contributed by atoms with Crippen LogP contribution in [-0.2, 0) is 0 Å². The summed E-state index contributed by atoms with van der Waals surface area (Å²) in [4.78, 5) is 21.2. The van der Waals surface area contributed by atoms with Crippen molar-refractivity contribution in [2.45, 2.75) is 6.43 Å². The normalized spacial score (nSPS) is 11.0. The molecule has 0 bridgehead atoms.